The summed E-state index contributed by atoms with van der Waals surface area (Å²) in [6, 6.07) is 10.6. The molecule has 1 N–H and O–H groups in total. The average molecular weight is 279 g/mol. The number of nitrogens with zero attached hydrogens (tertiary/aromatic N) is 3. The topological polar surface area (TPSA) is 41.3 Å². The van der Waals surface area contributed by atoms with Gasteiger partial charge in [-0.25, -0.2) is 0 Å². The molecule has 1 saturated heterocycles. The number of aromatic nitrogens is 2. The lowest BCUT2D eigenvalue weighted by Gasteiger charge is -2.36. The van der Waals surface area contributed by atoms with Crippen LogP contribution in [0.3, 0.4) is 0 Å². The van der Waals surface area contributed by atoms with Crippen molar-refractivity contribution in [3.63, 3.8) is 0 Å². The molecule has 4 nitrogen and oxygen atoms in total. The third kappa shape index (κ3) is 3.02. The first-order valence-corrected chi connectivity index (χ1v) is 6.28. The van der Waals surface area contributed by atoms with E-state index in [9.17, 15) is 5.11 Å². The zero-order valence-corrected chi connectivity index (χ0v) is 11.0. The fourth-order valence-electron chi connectivity index (χ4n) is 1.92. The molecular weight excluding hydrogens is 250 g/mol. The predicted molar refractivity (Wildman–Crippen MR) is 79.8 cm³/mol. The van der Waals surface area contributed by atoms with Crippen molar-refractivity contribution in [1.29, 1.82) is 0 Å². The van der Waals surface area contributed by atoms with Crippen LogP contribution in [0.2, 0.25) is 0 Å². The number of β-amino-alcohol motifs (C(OH)–C–C–N with tert-alkyl or cyclic N) is 1. The molecule has 20 heavy (non-hydrogen) atoms. The first-order valence-electron chi connectivity index (χ1n) is 10.3. The minimum atomic E-state index is -3.24. The first kappa shape index (κ1) is 6.76. The molecule has 4 heteroatoms. The smallest absolute Gasteiger partial charge is 0.150 e. The maximum absolute atomic E-state index is 10.6. The molecule has 3 rings (SSSR count). The molecule has 0 amide bonds. The van der Waals surface area contributed by atoms with E-state index in [1.807, 2.05) is 30.3 Å². The average Bonchev–Trinajstić information content (AvgIpc) is 3.01. The van der Waals surface area contributed by atoms with Gasteiger partial charge in [0.2, 0.25) is 0 Å². The SMILES string of the molecule is [2H]C1([2H])N(c2ccn(Cc3ccccc3)n2)C([2H])([2H])C(C)(O)C([2H])([2H])C1([2H])[2H]. The normalized spacial score (nSPS) is 39.0. The molecule has 1 aromatic carbocycles. The summed E-state index contributed by atoms with van der Waals surface area (Å²) < 4.78 is 66.5. The van der Waals surface area contributed by atoms with Gasteiger partial charge in [-0.15, -0.1) is 0 Å². The van der Waals surface area contributed by atoms with Crippen molar-refractivity contribution in [1.82, 2.24) is 9.78 Å². The van der Waals surface area contributed by atoms with Gasteiger partial charge >= 0.3 is 0 Å². The fraction of sp³-hybridized carbons (Fsp3) is 0.438. The summed E-state index contributed by atoms with van der Waals surface area (Å²) >= 11 is 0. The molecule has 106 valence electrons. The largest absolute Gasteiger partial charge is 0.388 e. The molecule has 1 aliphatic rings. The summed E-state index contributed by atoms with van der Waals surface area (Å²) in [7, 11) is 0. The van der Waals surface area contributed by atoms with E-state index in [0.717, 1.165) is 12.5 Å². The Morgan fingerprint density at radius 2 is 2.15 bits per heavy atom. The first-order chi connectivity index (χ1) is 12.7. The fourth-order valence-corrected chi connectivity index (χ4v) is 1.92. The van der Waals surface area contributed by atoms with Crippen LogP contribution < -0.4 is 4.90 Å². The zero-order chi connectivity index (χ0) is 21.2. The van der Waals surface area contributed by atoms with Crippen LogP contribution >= 0.6 is 0 Å². The molecule has 2 aromatic rings. The summed E-state index contributed by atoms with van der Waals surface area (Å²) in [6.07, 6.45) is -4.96. The maximum Gasteiger partial charge on any atom is 0.150 e. The van der Waals surface area contributed by atoms with Crippen LogP contribution in [-0.4, -0.2) is 33.5 Å². The second kappa shape index (κ2) is 5.29. The van der Waals surface area contributed by atoms with E-state index in [0.29, 0.717) is 11.4 Å². The lowest BCUT2D eigenvalue weighted by atomic mass is 9.95. The lowest BCUT2D eigenvalue weighted by Crippen LogP contribution is -2.46. The van der Waals surface area contributed by atoms with Crippen molar-refractivity contribution in [2.45, 2.75) is 31.8 Å². The number of hydrogen-bond donors (Lipinski definition) is 1. The van der Waals surface area contributed by atoms with E-state index < -0.39 is 31.3 Å². The Morgan fingerprint density at radius 3 is 2.95 bits per heavy atom. The number of rotatable bonds is 3. The Labute approximate surface area is 130 Å². The molecular formula is C16H21N3O. The van der Waals surface area contributed by atoms with Crippen molar-refractivity contribution in [3.8, 4) is 0 Å². The number of hydrogen-bond acceptors (Lipinski definition) is 3. The van der Waals surface area contributed by atoms with Gasteiger partial charge in [0.1, 0.15) is 0 Å². The summed E-state index contributed by atoms with van der Waals surface area (Å²) in [4.78, 5) is 0.392. The van der Waals surface area contributed by atoms with Gasteiger partial charge in [0, 0.05) is 33.5 Å². The molecule has 1 aromatic heterocycles. The Kier molecular flexibility index (Phi) is 1.79. The molecule has 0 radical (unpaired) electrons. The Balaban J connectivity index is 2.07. The highest BCUT2D eigenvalue weighted by Crippen LogP contribution is 2.24. The van der Waals surface area contributed by atoms with Crippen LogP contribution in [0.25, 0.3) is 0 Å². The minimum Gasteiger partial charge on any atom is -0.388 e. The highest BCUT2D eigenvalue weighted by Gasteiger charge is 2.29. The predicted octanol–water partition coefficient (Wildman–Crippen LogP) is 2.28. The van der Waals surface area contributed by atoms with Crippen LogP contribution in [0.5, 0.6) is 0 Å². The van der Waals surface area contributed by atoms with Crippen LogP contribution in [0.1, 0.15) is 36.2 Å². The molecule has 2 heterocycles. The third-order valence-electron chi connectivity index (χ3n) is 2.85. The minimum absolute atomic E-state index is 0.245. The molecule has 1 atom stereocenters. The van der Waals surface area contributed by atoms with Crippen molar-refractivity contribution in [2.24, 2.45) is 0 Å². The van der Waals surface area contributed by atoms with Crippen LogP contribution in [0.15, 0.2) is 42.6 Å². The van der Waals surface area contributed by atoms with E-state index in [1.165, 1.54) is 16.9 Å². The second-order valence-electron chi connectivity index (χ2n) is 4.74. The summed E-state index contributed by atoms with van der Waals surface area (Å²) in [5.41, 5.74) is -1.96. The van der Waals surface area contributed by atoms with E-state index in [-0.39, 0.29) is 5.82 Å². The standard InChI is InChI=1S/C16H21N3O/c1-16(20)9-5-10-18(13-16)15-8-11-19(17-15)12-14-6-3-2-4-7-14/h2-4,6-8,11,20H,5,9-10,12-13H2,1H3/i5D2,9D2,10D2,13D2. The number of benzene rings is 1. The number of anilines is 1. The monoisotopic (exact) mass is 279 g/mol. The molecule has 1 aliphatic heterocycles. The molecule has 1 unspecified atom stereocenters. The Bertz CT molecular complexity index is 836. The molecule has 0 saturated carbocycles. The van der Waals surface area contributed by atoms with E-state index in [2.05, 4.69) is 5.10 Å². The van der Waals surface area contributed by atoms with Crippen molar-refractivity contribution < 1.29 is 16.1 Å². The van der Waals surface area contributed by atoms with Gasteiger partial charge in [-0.05, 0) is 25.2 Å². The van der Waals surface area contributed by atoms with Crippen LogP contribution in [0, 0.1) is 0 Å². The summed E-state index contributed by atoms with van der Waals surface area (Å²) in [5, 5.41) is 14.8. The van der Waals surface area contributed by atoms with E-state index >= 15 is 0 Å². The molecule has 0 bridgehead atoms. The molecule has 0 spiro atoms. The van der Waals surface area contributed by atoms with E-state index in [1.54, 1.807) is 0 Å². The van der Waals surface area contributed by atoms with Gasteiger partial charge in [-0.2, -0.15) is 5.10 Å². The Morgan fingerprint density at radius 1 is 1.35 bits per heavy atom. The van der Waals surface area contributed by atoms with E-state index in [4.69, 9.17) is 11.0 Å². The van der Waals surface area contributed by atoms with Gasteiger partial charge in [0.05, 0.1) is 14.9 Å². The zero-order valence-electron chi connectivity index (χ0n) is 19.0. The maximum atomic E-state index is 10.6. The van der Waals surface area contributed by atoms with Crippen LogP contribution in [-0.2, 0) is 6.54 Å². The number of piperidine rings is 1. The van der Waals surface area contributed by atoms with Crippen molar-refractivity contribution in [3.05, 3.63) is 48.2 Å². The highest BCUT2D eigenvalue weighted by atomic mass is 16.3. The quantitative estimate of drug-likeness (QED) is 0.937. The second-order valence-corrected chi connectivity index (χ2v) is 4.74. The van der Waals surface area contributed by atoms with Gasteiger partial charge in [-0.1, -0.05) is 30.3 Å². The van der Waals surface area contributed by atoms with Gasteiger partial charge in [0.25, 0.3) is 0 Å². The molecule has 1 fully saturated rings. The summed E-state index contributed by atoms with van der Waals surface area (Å²) in [6.45, 7) is -4.97. The highest BCUT2D eigenvalue weighted by molar-refractivity contribution is 5.38. The lowest BCUT2D eigenvalue weighted by molar-refractivity contribution is 0.0447. The van der Waals surface area contributed by atoms with Gasteiger partial charge in [-0.3, -0.25) is 4.68 Å². The Hall–Kier alpha value is -1.81. The van der Waals surface area contributed by atoms with Crippen LogP contribution in [0.4, 0.5) is 5.82 Å². The number of aliphatic hydroxyl groups is 1. The van der Waals surface area contributed by atoms with Gasteiger partial charge < -0.3 is 10.0 Å². The van der Waals surface area contributed by atoms with Crippen molar-refractivity contribution >= 4 is 5.82 Å². The third-order valence-corrected chi connectivity index (χ3v) is 2.85. The molecule has 0 aliphatic carbocycles. The van der Waals surface area contributed by atoms with Crippen molar-refractivity contribution in [2.75, 3.05) is 17.9 Å². The van der Waals surface area contributed by atoms with Gasteiger partial charge in [0.15, 0.2) is 5.82 Å². The summed E-state index contributed by atoms with van der Waals surface area (Å²) in [5.74, 6) is -0.245.